The van der Waals surface area contributed by atoms with Crippen LogP contribution in [0.4, 0.5) is 11.5 Å². The van der Waals surface area contributed by atoms with E-state index in [9.17, 15) is 4.79 Å². The molecule has 2 fully saturated rings. The highest BCUT2D eigenvalue weighted by Gasteiger charge is 2.48. The van der Waals surface area contributed by atoms with Crippen LogP contribution in [0.5, 0.6) is 5.75 Å². The molecule has 10 heteroatoms. The van der Waals surface area contributed by atoms with Gasteiger partial charge in [0.15, 0.2) is 5.82 Å². The SMILES string of the molecule is CC.CNc1cc(C(C)(C)C)on1.O=CNc1ccc(-c2cn3cc(OCCN4CC5(COC5)C4)ccc3n2)cc1. The number of carbonyl (C=O) groups is 1. The Morgan fingerprint density at radius 1 is 1.07 bits per heavy atom. The number of amides is 1. The third kappa shape index (κ3) is 7.45. The number of likely N-dealkylation sites (tertiary alicyclic amines) is 1. The number of hydrogen-bond donors (Lipinski definition) is 2. The number of nitrogens with one attached hydrogen (secondary N) is 2. The van der Waals surface area contributed by atoms with Crippen molar-refractivity contribution in [2.45, 2.75) is 40.0 Å². The average molecular weight is 563 g/mol. The Kier molecular flexibility index (Phi) is 9.67. The average Bonchev–Trinajstić information content (AvgIpc) is 3.58. The van der Waals surface area contributed by atoms with Crippen molar-refractivity contribution in [2.75, 3.05) is 57.1 Å². The number of imidazole rings is 1. The molecule has 1 amide bonds. The van der Waals surface area contributed by atoms with Crippen molar-refractivity contribution >= 4 is 23.6 Å². The van der Waals surface area contributed by atoms with Crippen LogP contribution in [0.3, 0.4) is 0 Å². The number of aromatic nitrogens is 3. The van der Waals surface area contributed by atoms with Gasteiger partial charge in [0.1, 0.15) is 23.8 Å². The van der Waals surface area contributed by atoms with Gasteiger partial charge in [-0.05, 0) is 24.3 Å². The van der Waals surface area contributed by atoms with Crippen LogP contribution in [0.25, 0.3) is 16.9 Å². The number of anilines is 2. The summed E-state index contributed by atoms with van der Waals surface area (Å²) in [6.45, 7) is 16.0. The minimum Gasteiger partial charge on any atom is -0.491 e. The first-order valence-corrected chi connectivity index (χ1v) is 14.1. The van der Waals surface area contributed by atoms with Gasteiger partial charge in [-0.2, -0.15) is 0 Å². The maximum Gasteiger partial charge on any atom is 0.211 e. The van der Waals surface area contributed by atoms with Crippen LogP contribution in [-0.2, 0) is 14.9 Å². The van der Waals surface area contributed by atoms with Gasteiger partial charge >= 0.3 is 0 Å². The van der Waals surface area contributed by atoms with E-state index >= 15 is 0 Å². The van der Waals surface area contributed by atoms with Crippen molar-refractivity contribution < 1.29 is 18.8 Å². The van der Waals surface area contributed by atoms with E-state index in [1.807, 2.05) is 80.2 Å². The highest BCUT2D eigenvalue weighted by atomic mass is 16.5. The van der Waals surface area contributed by atoms with E-state index in [4.69, 9.17) is 14.0 Å². The highest BCUT2D eigenvalue weighted by molar-refractivity contribution is 5.73. The molecule has 0 atom stereocenters. The van der Waals surface area contributed by atoms with E-state index in [1.165, 1.54) is 0 Å². The fourth-order valence-electron chi connectivity index (χ4n) is 4.67. The molecular weight excluding hydrogens is 520 g/mol. The van der Waals surface area contributed by atoms with Crippen molar-refractivity contribution in [1.29, 1.82) is 0 Å². The lowest BCUT2D eigenvalue weighted by Gasteiger charge is -2.55. The second kappa shape index (κ2) is 13.2. The summed E-state index contributed by atoms with van der Waals surface area (Å²) in [6.07, 6.45) is 4.62. The minimum atomic E-state index is 0.0437. The molecule has 3 aromatic heterocycles. The van der Waals surface area contributed by atoms with Crippen LogP contribution in [0, 0.1) is 5.41 Å². The topological polar surface area (TPSA) is 106 Å². The zero-order valence-corrected chi connectivity index (χ0v) is 24.9. The fraction of sp³-hybridized carbons (Fsp3) is 0.452. The van der Waals surface area contributed by atoms with Crippen LogP contribution in [0.1, 0.15) is 40.4 Å². The molecule has 0 aliphatic carbocycles. The summed E-state index contributed by atoms with van der Waals surface area (Å²) in [7, 11) is 1.82. The number of pyridine rings is 1. The van der Waals surface area contributed by atoms with Crippen LogP contribution in [-0.4, -0.2) is 72.4 Å². The molecule has 1 aromatic carbocycles. The Morgan fingerprint density at radius 2 is 1.80 bits per heavy atom. The van der Waals surface area contributed by atoms with E-state index in [0.29, 0.717) is 18.4 Å². The molecule has 10 nitrogen and oxygen atoms in total. The van der Waals surface area contributed by atoms with Gasteiger partial charge in [0, 0.05) is 61.0 Å². The van der Waals surface area contributed by atoms with Crippen LogP contribution in [0.15, 0.2) is 59.4 Å². The Balaban J connectivity index is 0.000000251. The molecule has 5 heterocycles. The number of fused-ring (bicyclic) bond motifs is 1. The first kappa shape index (κ1) is 30.1. The van der Waals surface area contributed by atoms with Gasteiger partial charge < -0.3 is 29.0 Å². The monoisotopic (exact) mass is 562 g/mol. The summed E-state index contributed by atoms with van der Waals surface area (Å²) >= 11 is 0. The molecule has 2 N–H and O–H groups in total. The van der Waals surface area contributed by atoms with Gasteiger partial charge in [-0.1, -0.05) is 51.9 Å². The zero-order chi connectivity index (χ0) is 29.5. The second-order valence-corrected chi connectivity index (χ2v) is 11.2. The molecule has 6 rings (SSSR count). The molecule has 220 valence electrons. The van der Waals surface area contributed by atoms with E-state index in [2.05, 4.69) is 46.4 Å². The summed E-state index contributed by atoms with van der Waals surface area (Å²) in [4.78, 5) is 17.6. The van der Waals surface area contributed by atoms with Gasteiger partial charge in [-0.15, -0.1) is 0 Å². The largest absolute Gasteiger partial charge is 0.491 e. The quantitative estimate of drug-likeness (QED) is 0.278. The third-order valence-electron chi connectivity index (χ3n) is 6.95. The third-order valence-corrected chi connectivity index (χ3v) is 6.95. The summed E-state index contributed by atoms with van der Waals surface area (Å²) in [6, 6.07) is 13.4. The second-order valence-electron chi connectivity index (χ2n) is 11.2. The van der Waals surface area contributed by atoms with Crippen molar-refractivity contribution in [2.24, 2.45) is 5.41 Å². The van der Waals surface area contributed by atoms with Crippen molar-refractivity contribution in [3.05, 3.63) is 60.6 Å². The predicted molar refractivity (Wildman–Crippen MR) is 162 cm³/mol. The number of nitrogens with zero attached hydrogens (tertiary/aromatic N) is 4. The van der Waals surface area contributed by atoms with E-state index in [0.717, 1.165) is 72.8 Å². The van der Waals surface area contributed by atoms with Crippen LogP contribution in [0.2, 0.25) is 0 Å². The number of benzene rings is 1. The Labute approximate surface area is 242 Å². The Morgan fingerprint density at radius 3 is 2.37 bits per heavy atom. The molecular formula is C31H42N6O4. The number of carbonyl (C=O) groups excluding carboxylic acids is 1. The van der Waals surface area contributed by atoms with Crippen molar-refractivity contribution in [3.63, 3.8) is 0 Å². The first-order valence-electron chi connectivity index (χ1n) is 14.1. The molecule has 2 aliphatic rings. The lowest BCUT2D eigenvalue weighted by molar-refractivity contribution is -0.189. The van der Waals surface area contributed by atoms with Gasteiger partial charge in [0.05, 0.1) is 25.1 Å². The Hall–Kier alpha value is -3.89. The lowest BCUT2D eigenvalue weighted by Crippen LogP contribution is -2.66. The smallest absolute Gasteiger partial charge is 0.211 e. The van der Waals surface area contributed by atoms with Crippen LogP contribution >= 0.6 is 0 Å². The highest BCUT2D eigenvalue weighted by Crippen LogP contribution is 2.37. The van der Waals surface area contributed by atoms with Crippen molar-refractivity contribution in [1.82, 2.24) is 19.4 Å². The maximum atomic E-state index is 10.5. The van der Waals surface area contributed by atoms with Gasteiger partial charge in [-0.3, -0.25) is 9.69 Å². The molecule has 0 bridgehead atoms. The summed E-state index contributed by atoms with van der Waals surface area (Å²) in [5, 5.41) is 9.36. The molecule has 4 aromatic rings. The molecule has 41 heavy (non-hydrogen) atoms. The number of ether oxygens (including phenoxy) is 2. The minimum absolute atomic E-state index is 0.0437. The van der Waals surface area contributed by atoms with Gasteiger partial charge in [-0.25, -0.2) is 4.98 Å². The molecule has 2 aliphatic heterocycles. The molecule has 1 spiro atoms. The van der Waals surface area contributed by atoms with E-state index in [-0.39, 0.29) is 5.41 Å². The summed E-state index contributed by atoms with van der Waals surface area (Å²) in [5.41, 5.74) is 4.00. The molecule has 0 radical (unpaired) electrons. The lowest BCUT2D eigenvalue weighted by atomic mass is 9.78. The van der Waals surface area contributed by atoms with Crippen LogP contribution < -0.4 is 15.4 Å². The zero-order valence-electron chi connectivity index (χ0n) is 24.9. The predicted octanol–water partition coefficient (Wildman–Crippen LogP) is 5.32. The van der Waals surface area contributed by atoms with E-state index in [1.54, 1.807) is 0 Å². The molecule has 2 saturated heterocycles. The maximum absolute atomic E-state index is 10.5. The normalized spacial score (nSPS) is 15.5. The summed E-state index contributed by atoms with van der Waals surface area (Å²) in [5.74, 6) is 2.53. The molecule has 0 saturated carbocycles. The van der Waals surface area contributed by atoms with Gasteiger partial charge in [0.2, 0.25) is 6.41 Å². The fourth-order valence-corrected chi connectivity index (χ4v) is 4.67. The number of hydrogen-bond acceptors (Lipinski definition) is 8. The summed E-state index contributed by atoms with van der Waals surface area (Å²) < 4.78 is 18.3. The first-order chi connectivity index (χ1) is 19.8. The molecule has 0 unspecified atom stereocenters. The number of rotatable bonds is 8. The van der Waals surface area contributed by atoms with Crippen molar-refractivity contribution in [3.8, 4) is 17.0 Å². The standard InChI is InChI=1S/C21H22N4O3.C8H14N2O.C2H6/c26-15-22-17-3-1-16(2-4-17)19-10-25-9-18(5-6-20(25)23-19)28-8-7-24-11-21(12-24)13-27-14-21;1-8(2,3)6-5-7(9-4)10-11-6;1-2/h1-6,9-10,15H,7-8,11-14H2,(H,22,26);5H,1-4H3,(H,9,10);1-2H3. The Bertz CT molecular complexity index is 1390. The van der Waals surface area contributed by atoms with Gasteiger partial charge in [0.25, 0.3) is 0 Å². The van der Waals surface area contributed by atoms with E-state index < -0.39 is 0 Å².